The van der Waals surface area contributed by atoms with E-state index in [1.54, 1.807) is 0 Å². The maximum atomic E-state index is 13.5. The standard InChI is InChI=1S/C23H33FN4OS/c1-16-6-7-17(14-26-16)21(2,3)28-13-12-23(15-28,22(4,5)27-20(25)29)11-10-18-8-9-19(24)30-18/h6-9,14H,10-13,15H2,1-5H3,(H3,25,27,29). The number of nitrogens with zero attached hydrogens (tertiary/aromatic N) is 2. The van der Waals surface area contributed by atoms with Gasteiger partial charge in [-0.05, 0) is 84.2 Å². The molecular weight excluding hydrogens is 399 g/mol. The average molecular weight is 433 g/mol. The number of thiophene rings is 1. The highest BCUT2D eigenvalue weighted by Gasteiger charge is 2.52. The molecule has 0 spiro atoms. The van der Waals surface area contributed by atoms with Gasteiger partial charge in [-0.3, -0.25) is 9.88 Å². The molecule has 1 aliphatic heterocycles. The molecule has 1 unspecified atom stereocenters. The molecule has 30 heavy (non-hydrogen) atoms. The molecule has 1 aliphatic rings. The molecule has 2 aromatic rings. The summed E-state index contributed by atoms with van der Waals surface area (Å²) < 4.78 is 13.5. The second kappa shape index (κ2) is 8.27. The Morgan fingerprint density at radius 3 is 2.60 bits per heavy atom. The van der Waals surface area contributed by atoms with E-state index in [1.807, 2.05) is 25.3 Å². The molecule has 0 radical (unpaired) electrons. The number of rotatable bonds is 7. The van der Waals surface area contributed by atoms with Gasteiger partial charge < -0.3 is 11.1 Å². The van der Waals surface area contributed by atoms with Crippen molar-refractivity contribution in [3.63, 3.8) is 0 Å². The number of nitrogens with one attached hydrogen (secondary N) is 1. The van der Waals surface area contributed by atoms with Crippen LogP contribution < -0.4 is 11.1 Å². The maximum absolute atomic E-state index is 13.5. The summed E-state index contributed by atoms with van der Waals surface area (Å²) in [6.07, 6.45) is 4.51. The lowest BCUT2D eigenvalue weighted by atomic mass is 9.67. The molecule has 164 valence electrons. The Hall–Kier alpha value is -1.99. The van der Waals surface area contributed by atoms with Crippen LogP contribution in [0.2, 0.25) is 0 Å². The van der Waals surface area contributed by atoms with Gasteiger partial charge in [0, 0.05) is 39.8 Å². The van der Waals surface area contributed by atoms with E-state index in [1.165, 1.54) is 23.0 Å². The summed E-state index contributed by atoms with van der Waals surface area (Å²) in [4.78, 5) is 19.8. The van der Waals surface area contributed by atoms with Gasteiger partial charge in [-0.15, -0.1) is 11.3 Å². The molecule has 3 heterocycles. The third-order valence-electron chi connectivity index (χ3n) is 7.00. The van der Waals surface area contributed by atoms with Crippen LogP contribution in [0, 0.1) is 17.5 Å². The normalized spacial score (nSPS) is 20.5. The van der Waals surface area contributed by atoms with Crippen molar-refractivity contribution < 1.29 is 9.18 Å². The van der Waals surface area contributed by atoms with Crippen molar-refractivity contribution in [1.29, 1.82) is 0 Å². The van der Waals surface area contributed by atoms with Gasteiger partial charge in [0.1, 0.15) is 0 Å². The fourth-order valence-corrected chi connectivity index (χ4v) is 5.40. The molecule has 5 nitrogen and oxygen atoms in total. The minimum atomic E-state index is -0.512. The summed E-state index contributed by atoms with van der Waals surface area (Å²) >= 11 is 1.20. The number of hydrogen-bond acceptors (Lipinski definition) is 4. The van der Waals surface area contributed by atoms with Gasteiger partial charge in [0.15, 0.2) is 5.13 Å². The van der Waals surface area contributed by atoms with Crippen LogP contribution in [0.1, 0.15) is 56.7 Å². The van der Waals surface area contributed by atoms with Gasteiger partial charge in [0.25, 0.3) is 0 Å². The van der Waals surface area contributed by atoms with Crippen LogP contribution in [0.15, 0.2) is 30.5 Å². The molecule has 0 aromatic carbocycles. The lowest BCUT2D eigenvalue weighted by molar-refractivity contribution is 0.0790. The number of aryl methyl sites for hydroxylation is 2. The SMILES string of the molecule is Cc1ccc(C(C)(C)N2CCC(CCc3ccc(F)s3)(C(C)(C)NC(N)=O)C2)cn1. The number of hydrogen-bond donors (Lipinski definition) is 2. The predicted molar refractivity (Wildman–Crippen MR) is 120 cm³/mol. The lowest BCUT2D eigenvalue weighted by Gasteiger charge is -2.46. The Balaban J connectivity index is 1.87. The number of nitrogens with two attached hydrogens (primary N) is 1. The van der Waals surface area contributed by atoms with Crippen LogP contribution in [-0.2, 0) is 12.0 Å². The van der Waals surface area contributed by atoms with Crippen molar-refractivity contribution in [2.45, 2.75) is 65.0 Å². The number of urea groups is 1. The van der Waals surface area contributed by atoms with E-state index in [2.05, 4.69) is 49.0 Å². The highest BCUT2D eigenvalue weighted by molar-refractivity contribution is 7.10. The largest absolute Gasteiger partial charge is 0.352 e. The topological polar surface area (TPSA) is 71.2 Å². The van der Waals surface area contributed by atoms with Crippen molar-refractivity contribution in [3.05, 3.63) is 51.7 Å². The van der Waals surface area contributed by atoms with Gasteiger partial charge in [-0.1, -0.05) is 6.07 Å². The average Bonchev–Trinajstić information content (AvgIpc) is 3.27. The van der Waals surface area contributed by atoms with Crippen molar-refractivity contribution in [1.82, 2.24) is 15.2 Å². The predicted octanol–water partition coefficient (Wildman–Crippen LogP) is 4.60. The van der Waals surface area contributed by atoms with Crippen LogP contribution >= 0.6 is 11.3 Å². The molecule has 7 heteroatoms. The number of likely N-dealkylation sites (tertiary alicyclic amines) is 1. The maximum Gasteiger partial charge on any atom is 0.312 e. The van der Waals surface area contributed by atoms with E-state index in [9.17, 15) is 9.18 Å². The van der Waals surface area contributed by atoms with Crippen LogP contribution in [0.25, 0.3) is 0 Å². The van der Waals surface area contributed by atoms with Gasteiger partial charge in [-0.2, -0.15) is 4.39 Å². The highest BCUT2D eigenvalue weighted by Crippen LogP contribution is 2.48. The summed E-state index contributed by atoms with van der Waals surface area (Å²) in [5.41, 5.74) is 6.82. The van der Waals surface area contributed by atoms with E-state index in [-0.39, 0.29) is 16.1 Å². The Morgan fingerprint density at radius 1 is 1.30 bits per heavy atom. The van der Waals surface area contributed by atoms with Gasteiger partial charge in [0.2, 0.25) is 0 Å². The van der Waals surface area contributed by atoms with E-state index in [0.29, 0.717) is 0 Å². The van der Waals surface area contributed by atoms with Crippen molar-refractivity contribution in [2.75, 3.05) is 13.1 Å². The first kappa shape index (κ1) is 22.7. The van der Waals surface area contributed by atoms with E-state index >= 15 is 0 Å². The van der Waals surface area contributed by atoms with Crippen LogP contribution in [0.4, 0.5) is 9.18 Å². The Morgan fingerprint density at radius 2 is 2.03 bits per heavy atom. The molecule has 3 N–H and O–H groups in total. The molecule has 1 fully saturated rings. The van der Waals surface area contributed by atoms with Gasteiger partial charge >= 0.3 is 6.03 Å². The summed E-state index contributed by atoms with van der Waals surface area (Å²) in [5.74, 6) is 0. The number of pyridine rings is 1. The van der Waals surface area contributed by atoms with Crippen LogP contribution in [0.5, 0.6) is 0 Å². The molecule has 0 saturated carbocycles. The molecule has 0 bridgehead atoms. The Kier molecular flexibility index (Phi) is 6.25. The number of amides is 2. The zero-order valence-corrected chi connectivity index (χ0v) is 19.4. The molecule has 0 aliphatic carbocycles. The first-order chi connectivity index (χ1) is 13.9. The zero-order valence-electron chi connectivity index (χ0n) is 18.6. The molecule has 1 atom stereocenters. The number of halogens is 1. The number of carbonyl (C=O) groups excluding carboxylic acids is 1. The van der Waals surface area contributed by atoms with Crippen molar-refractivity contribution in [2.24, 2.45) is 11.1 Å². The Bertz CT molecular complexity index is 893. The minimum absolute atomic E-state index is 0.158. The molecule has 3 rings (SSSR count). The van der Waals surface area contributed by atoms with Gasteiger partial charge in [0.05, 0.1) is 0 Å². The number of aromatic nitrogens is 1. The van der Waals surface area contributed by atoms with E-state index < -0.39 is 11.6 Å². The monoisotopic (exact) mass is 432 g/mol. The van der Waals surface area contributed by atoms with E-state index in [4.69, 9.17) is 5.73 Å². The first-order valence-electron chi connectivity index (χ1n) is 10.5. The second-order valence-electron chi connectivity index (χ2n) is 9.52. The summed E-state index contributed by atoms with van der Waals surface area (Å²) in [6.45, 7) is 12.3. The fourth-order valence-electron chi connectivity index (χ4n) is 4.68. The van der Waals surface area contributed by atoms with E-state index in [0.717, 1.165) is 42.9 Å². The zero-order chi connectivity index (χ0) is 22.2. The number of primary amides is 1. The van der Waals surface area contributed by atoms with Crippen molar-refractivity contribution in [3.8, 4) is 0 Å². The quantitative estimate of drug-likeness (QED) is 0.672. The first-order valence-corrected chi connectivity index (χ1v) is 11.3. The molecule has 2 aromatic heterocycles. The fraction of sp³-hybridized carbons (Fsp3) is 0.565. The van der Waals surface area contributed by atoms with Crippen molar-refractivity contribution >= 4 is 17.4 Å². The third kappa shape index (κ3) is 4.52. The third-order valence-corrected chi connectivity index (χ3v) is 7.94. The summed E-state index contributed by atoms with van der Waals surface area (Å²) in [7, 11) is 0. The second-order valence-corrected chi connectivity index (χ2v) is 10.6. The minimum Gasteiger partial charge on any atom is -0.352 e. The highest BCUT2D eigenvalue weighted by atomic mass is 32.1. The molecule has 1 saturated heterocycles. The summed E-state index contributed by atoms with van der Waals surface area (Å²) in [5, 5.41) is 2.83. The van der Waals surface area contributed by atoms with Crippen LogP contribution in [0.3, 0.4) is 0 Å². The van der Waals surface area contributed by atoms with Crippen LogP contribution in [-0.4, -0.2) is 34.5 Å². The summed E-state index contributed by atoms with van der Waals surface area (Å²) in [6, 6.07) is 7.06. The molecule has 2 amide bonds. The lowest BCUT2D eigenvalue weighted by Crippen LogP contribution is -2.59. The van der Waals surface area contributed by atoms with Gasteiger partial charge in [-0.25, -0.2) is 4.79 Å². The number of carbonyl (C=O) groups is 1. The smallest absolute Gasteiger partial charge is 0.312 e. The molecular formula is C23H33FN4OS. The Labute approximate surface area is 182 Å².